The van der Waals surface area contributed by atoms with Gasteiger partial charge >= 0.3 is 0 Å². The van der Waals surface area contributed by atoms with Gasteiger partial charge < -0.3 is 15.5 Å². The highest BCUT2D eigenvalue weighted by atomic mass is 16.3. The first-order valence-electron chi connectivity index (χ1n) is 5.11. The molecule has 3 N–H and O–H groups in total. The summed E-state index contributed by atoms with van der Waals surface area (Å²) >= 11 is 0. The molecule has 1 fully saturated rings. The summed E-state index contributed by atoms with van der Waals surface area (Å²) in [6.45, 7) is 0.0448. The predicted octanol–water partition coefficient (Wildman–Crippen LogP) is 0.0203. The Balaban J connectivity index is 1.92. The fraction of sp³-hybridized carbons (Fsp3) is 0.600. The lowest BCUT2D eigenvalue weighted by molar-refractivity contribution is 0.0908. The van der Waals surface area contributed by atoms with Crippen molar-refractivity contribution in [3.63, 3.8) is 0 Å². The summed E-state index contributed by atoms with van der Waals surface area (Å²) in [5.74, 6) is 0.755. The molecule has 1 unspecified atom stereocenters. The summed E-state index contributed by atoms with van der Waals surface area (Å²) in [7, 11) is 0. The van der Waals surface area contributed by atoms with Crippen LogP contribution in [0.4, 0.5) is 5.82 Å². The van der Waals surface area contributed by atoms with Crippen molar-refractivity contribution in [3.8, 4) is 0 Å². The van der Waals surface area contributed by atoms with Crippen LogP contribution < -0.4 is 5.32 Å². The molecule has 0 saturated heterocycles. The van der Waals surface area contributed by atoms with E-state index in [2.05, 4.69) is 15.3 Å². The molecule has 0 spiro atoms. The summed E-state index contributed by atoms with van der Waals surface area (Å²) in [4.78, 5) is 7.88. The molecule has 1 aromatic heterocycles. The van der Waals surface area contributed by atoms with Gasteiger partial charge in [-0.15, -0.1) is 0 Å². The number of nitrogens with one attached hydrogen (secondary N) is 1. The van der Waals surface area contributed by atoms with Crippen LogP contribution in [0.2, 0.25) is 0 Å². The first-order chi connectivity index (χ1) is 7.29. The van der Waals surface area contributed by atoms with Crippen LogP contribution in [0.1, 0.15) is 12.8 Å². The van der Waals surface area contributed by atoms with Crippen molar-refractivity contribution in [2.24, 2.45) is 5.92 Å². The van der Waals surface area contributed by atoms with Gasteiger partial charge in [0.2, 0.25) is 0 Å². The number of nitrogens with zero attached hydrogens (tertiary/aromatic N) is 2. The molecule has 1 aromatic rings. The van der Waals surface area contributed by atoms with Crippen molar-refractivity contribution < 1.29 is 10.2 Å². The van der Waals surface area contributed by atoms with Crippen molar-refractivity contribution in [2.45, 2.75) is 25.0 Å². The van der Waals surface area contributed by atoms with Crippen molar-refractivity contribution >= 4 is 5.82 Å². The number of rotatable bonds is 3. The highest BCUT2D eigenvalue weighted by Gasteiger charge is 2.32. The molecular weight excluding hydrogens is 194 g/mol. The normalized spacial score (nSPS) is 30.4. The summed E-state index contributed by atoms with van der Waals surface area (Å²) in [5.41, 5.74) is 0. The number of hydrogen-bond acceptors (Lipinski definition) is 5. The van der Waals surface area contributed by atoms with E-state index in [0.717, 1.165) is 12.2 Å². The number of aromatic nitrogens is 2. The average Bonchev–Trinajstić information content (AvgIpc) is 2.60. The molecule has 5 nitrogen and oxygen atoms in total. The van der Waals surface area contributed by atoms with Crippen LogP contribution in [0.5, 0.6) is 0 Å². The molecule has 1 saturated carbocycles. The Morgan fingerprint density at radius 2 is 2.33 bits per heavy atom. The second-order valence-corrected chi connectivity index (χ2v) is 3.92. The molecule has 0 aliphatic heterocycles. The third kappa shape index (κ3) is 2.43. The van der Waals surface area contributed by atoms with Gasteiger partial charge in [0.25, 0.3) is 0 Å². The highest BCUT2D eigenvalue weighted by molar-refractivity contribution is 5.33. The van der Waals surface area contributed by atoms with Crippen molar-refractivity contribution in [3.05, 3.63) is 18.6 Å². The maximum absolute atomic E-state index is 9.60. The maximum atomic E-state index is 9.60. The van der Waals surface area contributed by atoms with E-state index in [-0.39, 0.29) is 18.6 Å². The Morgan fingerprint density at radius 3 is 2.93 bits per heavy atom. The van der Waals surface area contributed by atoms with E-state index in [9.17, 15) is 5.11 Å². The zero-order valence-electron chi connectivity index (χ0n) is 8.37. The minimum Gasteiger partial charge on any atom is -0.396 e. The summed E-state index contributed by atoms with van der Waals surface area (Å²) in [6, 6.07) is 1.98. The molecule has 0 amide bonds. The second-order valence-electron chi connectivity index (χ2n) is 3.92. The lowest BCUT2D eigenvalue weighted by atomic mass is 10.1. The third-order valence-corrected chi connectivity index (χ3v) is 2.83. The maximum Gasteiger partial charge on any atom is 0.129 e. The molecule has 1 aliphatic rings. The molecule has 1 aliphatic carbocycles. The van der Waals surface area contributed by atoms with E-state index in [0.29, 0.717) is 6.42 Å². The SMILES string of the molecule is OC[C@H]1C[C@@H](Nc2ccncn2)CC1O. The number of anilines is 1. The van der Waals surface area contributed by atoms with Gasteiger partial charge in [-0.25, -0.2) is 9.97 Å². The quantitative estimate of drug-likeness (QED) is 0.654. The molecule has 2 rings (SSSR count). The topological polar surface area (TPSA) is 78.3 Å². The van der Waals surface area contributed by atoms with E-state index in [1.54, 1.807) is 12.3 Å². The third-order valence-electron chi connectivity index (χ3n) is 2.83. The molecule has 0 aromatic carbocycles. The van der Waals surface area contributed by atoms with Crippen LogP contribution in [-0.2, 0) is 0 Å². The fourth-order valence-corrected chi connectivity index (χ4v) is 2.00. The Kier molecular flexibility index (Phi) is 3.13. The van der Waals surface area contributed by atoms with Gasteiger partial charge in [0.15, 0.2) is 0 Å². The Labute approximate surface area is 88.2 Å². The smallest absolute Gasteiger partial charge is 0.129 e. The van der Waals surface area contributed by atoms with Crippen LogP contribution in [0.3, 0.4) is 0 Å². The van der Waals surface area contributed by atoms with Crippen LogP contribution in [0.15, 0.2) is 18.6 Å². The van der Waals surface area contributed by atoms with Gasteiger partial charge in [0, 0.05) is 24.8 Å². The zero-order valence-corrected chi connectivity index (χ0v) is 8.37. The number of aliphatic hydroxyl groups is 2. The minimum atomic E-state index is -0.408. The Morgan fingerprint density at radius 1 is 1.47 bits per heavy atom. The molecule has 15 heavy (non-hydrogen) atoms. The van der Waals surface area contributed by atoms with Gasteiger partial charge in [-0.3, -0.25) is 0 Å². The lowest BCUT2D eigenvalue weighted by Crippen LogP contribution is -2.17. The van der Waals surface area contributed by atoms with E-state index >= 15 is 0 Å². The molecule has 5 heteroatoms. The van der Waals surface area contributed by atoms with E-state index in [4.69, 9.17) is 5.11 Å². The van der Waals surface area contributed by atoms with Crippen LogP contribution in [0, 0.1) is 5.92 Å². The number of hydrogen-bond donors (Lipinski definition) is 3. The van der Waals surface area contributed by atoms with Gasteiger partial charge in [0.05, 0.1) is 6.10 Å². The first kappa shape index (κ1) is 10.3. The van der Waals surface area contributed by atoms with E-state index in [1.165, 1.54) is 6.33 Å². The molecule has 82 valence electrons. The van der Waals surface area contributed by atoms with Crippen molar-refractivity contribution in [1.82, 2.24) is 9.97 Å². The van der Waals surface area contributed by atoms with Crippen molar-refractivity contribution in [1.29, 1.82) is 0 Å². The lowest BCUT2D eigenvalue weighted by Gasteiger charge is -2.12. The molecule has 1 heterocycles. The predicted molar refractivity (Wildman–Crippen MR) is 55.3 cm³/mol. The van der Waals surface area contributed by atoms with Crippen molar-refractivity contribution in [2.75, 3.05) is 11.9 Å². The Hall–Kier alpha value is -1.20. The van der Waals surface area contributed by atoms with Gasteiger partial charge in [0.1, 0.15) is 12.1 Å². The summed E-state index contributed by atoms with van der Waals surface area (Å²) in [5, 5.41) is 21.8. The largest absolute Gasteiger partial charge is 0.396 e. The Bertz CT molecular complexity index is 307. The average molecular weight is 209 g/mol. The first-order valence-corrected chi connectivity index (χ1v) is 5.11. The number of aliphatic hydroxyl groups excluding tert-OH is 2. The zero-order chi connectivity index (χ0) is 10.7. The minimum absolute atomic E-state index is 0.00987. The monoisotopic (exact) mass is 209 g/mol. The van der Waals surface area contributed by atoms with Crippen LogP contribution in [0.25, 0.3) is 0 Å². The highest BCUT2D eigenvalue weighted by Crippen LogP contribution is 2.27. The second kappa shape index (κ2) is 4.55. The summed E-state index contributed by atoms with van der Waals surface area (Å²) < 4.78 is 0. The van der Waals surface area contributed by atoms with E-state index < -0.39 is 6.10 Å². The molecular formula is C10H15N3O2. The van der Waals surface area contributed by atoms with Gasteiger partial charge in [-0.05, 0) is 18.9 Å². The standard InChI is InChI=1S/C10H15N3O2/c14-5-7-3-8(4-9(7)15)13-10-1-2-11-6-12-10/h1-2,6-9,14-15H,3-5H2,(H,11,12,13)/t7-,8-,9?/m1/s1. The van der Waals surface area contributed by atoms with Crippen LogP contribution >= 0.6 is 0 Å². The molecule has 0 radical (unpaired) electrons. The van der Waals surface area contributed by atoms with E-state index in [1.807, 2.05) is 0 Å². The molecule has 0 bridgehead atoms. The van der Waals surface area contributed by atoms with Gasteiger partial charge in [-0.2, -0.15) is 0 Å². The molecule has 3 atom stereocenters. The van der Waals surface area contributed by atoms with Gasteiger partial charge in [-0.1, -0.05) is 0 Å². The summed E-state index contributed by atoms with van der Waals surface area (Å²) in [6.07, 6.45) is 4.19. The fourth-order valence-electron chi connectivity index (χ4n) is 2.00. The van der Waals surface area contributed by atoms with Crippen LogP contribution in [-0.4, -0.2) is 38.9 Å².